The zero-order chi connectivity index (χ0) is 21.2. The van der Waals surface area contributed by atoms with E-state index in [2.05, 4.69) is 16.6 Å². The number of nitrogens with one attached hydrogen (secondary N) is 1. The van der Waals surface area contributed by atoms with E-state index in [1.807, 2.05) is 0 Å². The van der Waals surface area contributed by atoms with E-state index < -0.39 is 58.1 Å². The number of nitrogens with zero attached hydrogens (tertiary/aromatic N) is 1. The van der Waals surface area contributed by atoms with Crippen molar-refractivity contribution in [3.63, 3.8) is 0 Å². The molecule has 0 bridgehead atoms. The first kappa shape index (κ1) is 20.9. The molecule has 148 valence electrons. The van der Waals surface area contributed by atoms with Gasteiger partial charge in [-0.05, 0) is 19.1 Å². The van der Waals surface area contributed by atoms with E-state index in [1.165, 1.54) is 13.8 Å². The number of carbonyl (C=O) groups is 4. The van der Waals surface area contributed by atoms with Crippen molar-refractivity contribution >= 4 is 29.3 Å². The van der Waals surface area contributed by atoms with Gasteiger partial charge >= 0.3 is 11.9 Å². The van der Waals surface area contributed by atoms with Gasteiger partial charge in [0.25, 0.3) is 5.69 Å². The molecule has 1 aromatic rings. The number of rotatable bonds is 7. The molecule has 4 atom stereocenters. The summed E-state index contributed by atoms with van der Waals surface area (Å²) in [6, 6.07) is 3.68. The van der Waals surface area contributed by atoms with Crippen molar-refractivity contribution < 1.29 is 33.9 Å². The Morgan fingerprint density at radius 3 is 2.29 bits per heavy atom. The summed E-state index contributed by atoms with van der Waals surface area (Å²) in [5.74, 6) is -5.16. The predicted octanol–water partition coefficient (Wildman–Crippen LogP) is 0.535. The minimum Gasteiger partial charge on any atom is -0.393 e. The summed E-state index contributed by atoms with van der Waals surface area (Å²) in [5.41, 5.74) is -0.951. The number of hydrogen-bond acceptors (Lipinski definition) is 8. The minimum atomic E-state index is -1.26. The molecule has 1 saturated heterocycles. The SMILES string of the molecule is C=C(C(=O)OC(=O)c1ccc([N+](=O)[O-])cc1)C(=O)[C@H](C)[C@H]1NC(=O)[C@@H]1[C@H](C)O. The molecule has 1 aromatic carbocycles. The molecule has 0 saturated carbocycles. The van der Waals surface area contributed by atoms with Gasteiger partial charge in [-0.25, -0.2) is 9.59 Å². The van der Waals surface area contributed by atoms with Crippen molar-refractivity contribution in [2.24, 2.45) is 11.8 Å². The molecule has 0 radical (unpaired) electrons. The van der Waals surface area contributed by atoms with Gasteiger partial charge in [-0.2, -0.15) is 0 Å². The Kier molecular flexibility index (Phi) is 6.04. The number of carbonyl (C=O) groups excluding carboxylic acids is 4. The molecule has 1 aliphatic heterocycles. The highest BCUT2D eigenvalue weighted by atomic mass is 16.6. The van der Waals surface area contributed by atoms with E-state index in [1.54, 1.807) is 0 Å². The van der Waals surface area contributed by atoms with E-state index in [0.717, 1.165) is 24.3 Å². The second-order valence-corrected chi connectivity index (χ2v) is 6.41. The first-order valence-electron chi connectivity index (χ1n) is 8.27. The monoisotopic (exact) mass is 390 g/mol. The van der Waals surface area contributed by atoms with Gasteiger partial charge in [-0.3, -0.25) is 19.7 Å². The van der Waals surface area contributed by atoms with Crippen LogP contribution in [0.15, 0.2) is 36.4 Å². The van der Waals surface area contributed by atoms with E-state index in [4.69, 9.17) is 0 Å². The highest BCUT2D eigenvalue weighted by molar-refractivity contribution is 6.20. The normalized spacial score (nSPS) is 20.2. The molecule has 1 fully saturated rings. The van der Waals surface area contributed by atoms with Gasteiger partial charge in [-0.15, -0.1) is 0 Å². The van der Waals surface area contributed by atoms with Crippen LogP contribution >= 0.6 is 0 Å². The van der Waals surface area contributed by atoms with Crippen LogP contribution in [0.2, 0.25) is 0 Å². The van der Waals surface area contributed by atoms with Crippen molar-refractivity contribution in [1.29, 1.82) is 0 Å². The second kappa shape index (κ2) is 8.09. The maximum absolute atomic E-state index is 12.4. The number of Topliss-reactive ketones (excluding diaryl/α,β-unsaturated/α-hetero) is 1. The fraction of sp³-hybridized carbons (Fsp3) is 0.333. The molecule has 1 heterocycles. The summed E-state index contributed by atoms with van der Waals surface area (Å²) in [4.78, 5) is 57.9. The highest BCUT2D eigenvalue weighted by Gasteiger charge is 2.47. The molecular formula is C18H18N2O8. The minimum absolute atomic E-state index is 0.118. The summed E-state index contributed by atoms with van der Waals surface area (Å²) in [6.07, 6.45) is -0.974. The van der Waals surface area contributed by atoms with E-state index in [0.29, 0.717) is 0 Å². The Morgan fingerprint density at radius 1 is 1.25 bits per heavy atom. The van der Waals surface area contributed by atoms with Crippen LogP contribution in [0.5, 0.6) is 0 Å². The summed E-state index contributed by atoms with van der Waals surface area (Å²) in [6.45, 7) is 6.22. The Bertz CT molecular complexity index is 859. The van der Waals surface area contributed by atoms with Crippen molar-refractivity contribution in [3.05, 3.63) is 52.1 Å². The first-order chi connectivity index (χ1) is 13.0. The maximum atomic E-state index is 12.4. The summed E-state index contributed by atoms with van der Waals surface area (Å²) < 4.78 is 4.59. The number of aliphatic hydroxyl groups is 1. The molecule has 10 heteroatoms. The number of nitro benzene ring substituents is 1. The Hall–Kier alpha value is -3.40. The molecule has 0 aromatic heterocycles. The second-order valence-electron chi connectivity index (χ2n) is 6.41. The van der Waals surface area contributed by atoms with Crippen LogP contribution in [0.1, 0.15) is 24.2 Å². The molecule has 10 nitrogen and oxygen atoms in total. The van der Waals surface area contributed by atoms with Gasteiger partial charge in [0.15, 0.2) is 5.78 Å². The topological polar surface area (TPSA) is 153 Å². The summed E-state index contributed by atoms with van der Waals surface area (Å²) in [5, 5.41) is 22.7. The van der Waals surface area contributed by atoms with Gasteiger partial charge < -0.3 is 15.2 Å². The zero-order valence-corrected chi connectivity index (χ0v) is 15.1. The molecule has 0 unspecified atom stereocenters. The van der Waals surface area contributed by atoms with Crippen LogP contribution in [-0.4, -0.2) is 45.8 Å². The van der Waals surface area contributed by atoms with Gasteiger partial charge in [0, 0.05) is 18.1 Å². The Morgan fingerprint density at radius 2 is 1.82 bits per heavy atom. The highest BCUT2D eigenvalue weighted by Crippen LogP contribution is 2.27. The summed E-state index contributed by atoms with van der Waals surface area (Å²) in [7, 11) is 0. The van der Waals surface area contributed by atoms with Crippen LogP contribution in [0, 0.1) is 22.0 Å². The lowest BCUT2D eigenvalue weighted by Gasteiger charge is -2.41. The largest absolute Gasteiger partial charge is 0.393 e. The van der Waals surface area contributed by atoms with E-state index in [-0.39, 0.29) is 11.3 Å². The number of ketones is 1. The third kappa shape index (κ3) is 4.12. The number of hydrogen-bond donors (Lipinski definition) is 2. The predicted molar refractivity (Wildman–Crippen MR) is 93.9 cm³/mol. The van der Waals surface area contributed by atoms with Crippen molar-refractivity contribution in [1.82, 2.24) is 5.32 Å². The smallest absolute Gasteiger partial charge is 0.349 e. The van der Waals surface area contributed by atoms with Gasteiger partial charge in [-0.1, -0.05) is 13.5 Å². The number of esters is 2. The van der Waals surface area contributed by atoms with Crippen LogP contribution in [-0.2, 0) is 19.1 Å². The number of amides is 1. The maximum Gasteiger partial charge on any atom is 0.349 e. The van der Waals surface area contributed by atoms with Crippen molar-refractivity contribution in [3.8, 4) is 0 Å². The van der Waals surface area contributed by atoms with Gasteiger partial charge in [0.05, 0.1) is 34.1 Å². The molecule has 1 aliphatic rings. The quantitative estimate of drug-likeness (QED) is 0.130. The fourth-order valence-corrected chi connectivity index (χ4v) is 2.83. The molecule has 0 aliphatic carbocycles. The van der Waals surface area contributed by atoms with Crippen LogP contribution in [0.4, 0.5) is 5.69 Å². The lowest BCUT2D eigenvalue weighted by atomic mass is 9.76. The molecule has 1 amide bonds. The fourth-order valence-electron chi connectivity index (χ4n) is 2.83. The third-order valence-corrected chi connectivity index (χ3v) is 4.51. The zero-order valence-electron chi connectivity index (χ0n) is 15.1. The van der Waals surface area contributed by atoms with Gasteiger partial charge in [0.2, 0.25) is 5.91 Å². The average molecular weight is 390 g/mol. The lowest BCUT2D eigenvalue weighted by Crippen LogP contribution is -2.65. The van der Waals surface area contributed by atoms with Crippen LogP contribution < -0.4 is 5.32 Å². The Labute approximate surface area is 159 Å². The van der Waals surface area contributed by atoms with Gasteiger partial charge in [0.1, 0.15) is 0 Å². The molecular weight excluding hydrogens is 372 g/mol. The summed E-state index contributed by atoms with van der Waals surface area (Å²) >= 11 is 0. The van der Waals surface area contributed by atoms with Crippen molar-refractivity contribution in [2.45, 2.75) is 26.0 Å². The third-order valence-electron chi connectivity index (χ3n) is 4.51. The lowest BCUT2D eigenvalue weighted by molar-refractivity contribution is -0.384. The first-order valence-corrected chi connectivity index (χ1v) is 8.27. The number of benzene rings is 1. The number of nitro groups is 1. The number of aliphatic hydroxyl groups excluding tert-OH is 1. The number of β-lactam (4-membered cyclic amide) rings is 1. The Balaban J connectivity index is 2.00. The molecule has 28 heavy (non-hydrogen) atoms. The molecule has 2 N–H and O–H groups in total. The number of ether oxygens (including phenoxy) is 1. The standard InChI is InChI=1S/C18H18N2O8/c1-8(14-13(10(3)21)16(23)19-14)15(22)9(2)17(24)28-18(25)11-4-6-12(7-5-11)20(26)27/h4-8,10,13-14,21H,2H2,1,3H3,(H,19,23)/t8-,10+,13-,14-/m1/s1. The molecule has 0 spiro atoms. The average Bonchev–Trinajstić information content (AvgIpc) is 2.63. The van der Waals surface area contributed by atoms with Crippen LogP contribution in [0.3, 0.4) is 0 Å². The van der Waals surface area contributed by atoms with E-state index >= 15 is 0 Å². The molecule has 2 rings (SSSR count). The van der Waals surface area contributed by atoms with E-state index in [9.17, 15) is 34.4 Å². The van der Waals surface area contributed by atoms with Crippen molar-refractivity contribution in [2.75, 3.05) is 0 Å². The van der Waals surface area contributed by atoms with Crippen LogP contribution in [0.25, 0.3) is 0 Å². The number of non-ortho nitro benzene ring substituents is 1.